The van der Waals surface area contributed by atoms with Gasteiger partial charge in [-0.2, -0.15) is 0 Å². The number of unbranched alkanes of at least 4 members (excludes halogenated alkanes) is 1. The van der Waals surface area contributed by atoms with Crippen molar-refractivity contribution in [2.75, 3.05) is 12.3 Å². The minimum absolute atomic E-state index is 0.184. The van der Waals surface area contributed by atoms with Gasteiger partial charge in [0.15, 0.2) is 0 Å². The van der Waals surface area contributed by atoms with Gasteiger partial charge in [0.1, 0.15) is 0 Å². The van der Waals surface area contributed by atoms with Gasteiger partial charge in [-0.25, -0.2) is 13.1 Å². The van der Waals surface area contributed by atoms with Crippen molar-refractivity contribution in [2.24, 2.45) is 5.92 Å². The van der Waals surface area contributed by atoms with E-state index >= 15 is 0 Å². The Morgan fingerprint density at radius 2 is 1.80 bits per heavy atom. The van der Waals surface area contributed by atoms with Gasteiger partial charge < -0.3 is 5.32 Å². The van der Waals surface area contributed by atoms with Gasteiger partial charge in [0.2, 0.25) is 10.0 Å². The summed E-state index contributed by atoms with van der Waals surface area (Å²) in [5, 5.41) is 3.43. The van der Waals surface area contributed by atoms with Gasteiger partial charge >= 0.3 is 0 Å². The summed E-state index contributed by atoms with van der Waals surface area (Å²) in [4.78, 5) is 0. The summed E-state index contributed by atoms with van der Waals surface area (Å²) in [7, 11) is -3.09. The number of rotatable bonds is 9. The molecule has 0 bridgehead atoms. The van der Waals surface area contributed by atoms with E-state index in [2.05, 4.69) is 17.0 Å². The third kappa shape index (κ3) is 5.70. The molecule has 0 aromatic carbocycles. The van der Waals surface area contributed by atoms with E-state index in [4.69, 9.17) is 0 Å². The second-order valence-corrected chi connectivity index (χ2v) is 8.30. The SMILES string of the molecule is CCC1CCCCC1NS(=O)(=O)CCCCNC1CC1. The molecule has 2 saturated carbocycles. The maximum atomic E-state index is 12.1. The van der Waals surface area contributed by atoms with Crippen molar-refractivity contribution in [2.45, 2.75) is 76.8 Å². The van der Waals surface area contributed by atoms with Crippen molar-refractivity contribution in [3.8, 4) is 0 Å². The summed E-state index contributed by atoms with van der Waals surface area (Å²) >= 11 is 0. The first kappa shape index (κ1) is 16.2. The van der Waals surface area contributed by atoms with Crippen LogP contribution in [0.25, 0.3) is 0 Å². The van der Waals surface area contributed by atoms with Crippen LogP contribution in [0, 0.1) is 5.92 Å². The second-order valence-electron chi connectivity index (χ2n) is 6.43. The lowest BCUT2D eigenvalue weighted by Crippen LogP contribution is -2.42. The van der Waals surface area contributed by atoms with E-state index in [1.165, 1.54) is 25.7 Å². The predicted molar refractivity (Wildman–Crippen MR) is 83.2 cm³/mol. The smallest absolute Gasteiger partial charge is 0.211 e. The highest BCUT2D eigenvalue weighted by molar-refractivity contribution is 7.89. The van der Waals surface area contributed by atoms with Gasteiger partial charge in [0, 0.05) is 12.1 Å². The third-order valence-corrected chi connectivity index (χ3v) is 6.10. The highest BCUT2D eigenvalue weighted by atomic mass is 32.2. The number of sulfonamides is 1. The fraction of sp³-hybridized carbons (Fsp3) is 1.00. The van der Waals surface area contributed by atoms with Gasteiger partial charge in [0.25, 0.3) is 0 Å². The van der Waals surface area contributed by atoms with Crippen LogP contribution in [0.15, 0.2) is 0 Å². The molecule has 2 atom stereocenters. The summed E-state index contributed by atoms with van der Waals surface area (Å²) < 4.78 is 27.2. The van der Waals surface area contributed by atoms with Gasteiger partial charge in [-0.1, -0.05) is 26.2 Å². The Kier molecular flexibility index (Phi) is 6.30. The third-order valence-electron chi connectivity index (χ3n) is 4.61. The Labute approximate surface area is 124 Å². The zero-order valence-electron chi connectivity index (χ0n) is 12.7. The summed E-state index contributed by atoms with van der Waals surface area (Å²) in [6.45, 7) is 3.13. The maximum Gasteiger partial charge on any atom is 0.211 e. The highest BCUT2D eigenvalue weighted by Crippen LogP contribution is 2.27. The molecule has 0 heterocycles. The molecule has 2 rings (SSSR count). The molecule has 2 N–H and O–H groups in total. The largest absolute Gasteiger partial charge is 0.314 e. The molecule has 0 spiro atoms. The number of nitrogens with one attached hydrogen (secondary N) is 2. The van der Waals surface area contributed by atoms with Crippen LogP contribution in [-0.2, 0) is 10.0 Å². The van der Waals surface area contributed by atoms with E-state index in [1.807, 2.05) is 0 Å². The van der Waals surface area contributed by atoms with Gasteiger partial charge in [-0.15, -0.1) is 0 Å². The van der Waals surface area contributed by atoms with Crippen LogP contribution in [0.4, 0.5) is 0 Å². The number of hydrogen-bond donors (Lipinski definition) is 2. The summed E-state index contributed by atoms with van der Waals surface area (Å²) in [5.41, 5.74) is 0. The zero-order chi connectivity index (χ0) is 14.4. The van der Waals surface area contributed by atoms with Crippen molar-refractivity contribution in [3.05, 3.63) is 0 Å². The van der Waals surface area contributed by atoms with Crippen LogP contribution in [-0.4, -0.2) is 32.8 Å². The van der Waals surface area contributed by atoms with E-state index in [0.717, 1.165) is 44.7 Å². The molecule has 0 aromatic heterocycles. The van der Waals surface area contributed by atoms with E-state index < -0.39 is 10.0 Å². The van der Waals surface area contributed by atoms with Gasteiger partial charge in [0.05, 0.1) is 5.75 Å². The van der Waals surface area contributed by atoms with E-state index in [-0.39, 0.29) is 11.8 Å². The molecule has 2 fully saturated rings. The molecular formula is C15H30N2O2S. The second kappa shape index (κ2) is 7.76. The van der Waals surface area contributed by atoms with E-state index in [0.29, 0.717) is 5.92 Å². The Hall–Kier alpha value is -0.130. The molecule has 0 aromatic rings. The molecule has 2 aliphatic rings. The van der Waals surface area contributed by atoms with Crippen molar-refractivity contribution in [1.82, 2.24) is 10.0 Å². The fourth-order valence-corrected chi connectivity index (χ4v) is 4.63. The van der Waals surface area contributed by atoms with Gasteiger partial charge in [-0.05, 0) is 51.0 Å². The molecule has 20 heavy (non-hydrogen) atoms. The van der Waals surface area contributed by atoms with Crippen molar-refractivity contribution >= 4 is 10.0 Å². The fourth-order valence-electron chi connectivity index (χ4n) is 3.15. The maximum absolute atomic E-state index is 12.1. The highest BCUT2D eigenvalue weighted by Gasteiger charge is 2.27. The van der Waals surface area contributed by atoms with E-state index in [1.54, 1.807) is 0 Å². The van der Waals surface area contributed by atoms with Crippen LogP contribution in [0.1, 0.15) is 64.7 Å². The van der Waals surface area contributed by atoms with Crippen LogP contribution < -0.4 is 10.0 Å². The molecular weight excluding hydrogens is 272 g/mol. The molecule has 0 aliphatic heterocycles. The molecule has 0 saturated heterocycles. The van der Waals surface area contributed by atoms with Crippen LogP contribution >= 0.6 is 0 Å². The normalized spacial score (nSPS) is 27.6. The Morgan fingerprint density at radius 1 is 1.05 bits per heavy atom. The number of hydrogen-bond acceptors (Lipinski definition) is 3. The van der Waals surface area contributed by atoms with Gasteiger partial charge in [-0.3, -0.25) is 0 Å². The Balaban J connectivity index is 1.65. The summed E-state index contributed by atoms with van der Waals surface area (Å²) in [5.74, 6) is 0.821. The first-order valence-electron chi connectivity index (χ1n) is 8.34. The topological polar surface area (TPSA) is 58.2 Å². The molecule has 5 heteroatoms. The van der Waals surface area contributed by atoms with Crippen molar-refractivity contribution in [1.29, 1.82) is 0 Å². The molecule has 0 amide bonds. The lowest BCUT2D eigenvalue weighted by atomic mass is 9.83. The summed E-state index contributed by atoms with van der Waals surface area (Å²) in [6, 6.07) is 0.903. The average Bonchev–Trinajstić information content (AvgIpc) is 3.22. The van der Waals surface area contributed by atoms with Crippen LogP contribution in [0.2, 0.25) is 0 Å². The first-order valence-corrected chi connectivity index (χ1v) is 9.99. The minimum atomic E-state index is -3.09. The standard InChI is InChI=1S/C15H30N2O2S/c1-2-13-7-3-4-8-15(13)17-20(18,19)12-6-5-11-16-14-9-10-14/h13-17H,2-12H2,1H3. The van der Waals surface area contributed by atoms with Crippen molar-refractivity contribution in [3.63, 3.8) is 0 Å². The predicted octanol–water partition coefficient (Wildman–Crippen LogP) is 2.41. The van der Waals surface area contributed by atoms with Crippen LogP contribution in [0.3, 0.4) is 0 Å². The Morgan fingerprint density at radius 3 is 2.50 bits per heavy atom. The Bertz CT molecular complexity index is 379. The van der Waals surface area contributed by atoms with Crippen molar-refractivity contribution < 1.29 is 8.42 Å². The molecule has 4 nitrogen and oxygen atoms in total. The molecule has 2 unspecified atom stereocenters. The minimum Gasteiger partial charge on any atom is -0.314 e. The monoisotopic (exact) mass is 302 g/mol. The molecule has 0 radical (unpaired) electrons. The lowest BCUT2D eigenvalue weighted by Gasteiger charge is -2.31. The van der Waals surface area contributed by atoms with Crippen LogP contribution in [0.5, 0.6) is 0 Å². The average molecular weight is 302 g/mol. The molecule has 118 valence electrons. The molecule has 2 aliphatic carbocycles. The van der Waals surface area contributed by atoms with E-state index in [9.17, 15) is 8.42 Å². The zero-order valence-corrected chi connectivity index (χ0v) is 13.6. The summed E-state index contributed by atoms with van der Waals surface area (Å²) in [6.07, 6.45) is 9.99. The lowest BCUT2D eigenvalue weighted by molar-refractivity contribution is 0.282. The first-order chi connectivity index (χ1) is 9.61. The quantitative estimate of drug-likeness (QED) is 0.643.